The topological polar surface area (TPSA) is 113 Å². The van der Waals surface area contributed by atoms with Crippen molar-refractivity contribution in [2.45, 2.75) is 39.0 Å². The maximum atomic E-state index is 14.6. The van der Waals surface area contributed by atoms with Crippen LogP contribution < -0.4 is 19.3 Å². The average Bonchev–Trinajstić information content (AvgIpc) is 3.44. The normalized spacial score (nSPS) is 28.5. The number of rotatable bonds is 6. The molecule has 3 aromatic carbocycles. The first-order valence-electron chi connectivity index (χ1n) is 15.7. The van der Waals surface area contributed by atoms with Crippen LogP contribution in [0.25, 0.3) is 0 Å². The molecule has 9 nitrogen and oxygen atoms in total. The number of carbonyl (C=O) groups excluding carboxylic acids is 4. The Kier molecular flexibility index (Phi) is 7.03. The van der Waals surface area contributed by atoms with Crippen molar-refractivity contribution in [2.75, 3.05) is 24.0 Å². The molecule has 2 saturated heterocycles. The summed E-state index contributed by atoms with van der Waals surface area (Å²) in [5.41, 5.74) is 2.15. The van der Waals surface area contributed by atoms with E-state index in [4.69, 9.17) is 9.47 Å². The highest BCUT2D eigenvalue weighted by Gasteiger charge is 2.68. The molecule has 0 spiro atoms. The first-order valence-corrected chi connectivity index (χ1v) is 15.7. The lowest BCUT2D eigenvalue weighted by atomic mass is 9.51. The molecule has 1 N–H and O–H groups in total. The molecule has 2 heterocycles. The number of phenolic OH excluding ortho intramolecular Hbond substituents is 1. The second-order valence-electron chi connectivity index (χ2n) is 12.8. The van der Waals surface area contributed by atoms with Crippen LogP contribution in [0.4, 0.5) is 11.4 Å². The van der Waals surface area contributed by atoms with Crippen LogP contribution in [0, 0.1) is 29.1 Å². The summed E-state index contributed by atoms with van der Waals surface area (Å²) in [4.78, 5) is 59.8. The lowest BCUT2D eigenvalue weighted by Crippen LogP contribution is -2.49. The molecule has 2 aliphatic carbocycles. The third-order valence-corrected chi connectivity index (χ3v) is 10.7. The van der Waals surface area contributed by atoms with Crippen molar-refractivity contribution < 1.29 is 33.8 Å². The summed E-state index contributed by atoms with van der Waals surface area (Å²) in [5.74, 6) is -4.04. The van der Waals surface area contributed by atoms with Gasteiger partial charge in [0.2, 0.25) is 23.6 Å². The van der Waals surface area contributed by atoms with Crippen molar-refractivity contribution in [1.82, 2.24) is 0 Å². The number of para-hydroxylation sites is 1. The number of phenols is 1. The van der Waals surface area contributed by atoms with E-state index in [1.807, 2.05) is 50.3 Å². The van der Waals surface area contributed by atoms with Crippen LogP contribution in [0.3, 0.4) is 0 Å². The number of aryl methyl sites for hydroxylation is 1. The predicted octanol–water partition coefficient (Wildman–Crippen LogP) is 5.41. The summed E-state index contributed by atoms with van der Waals surface area (Å²) in [6.07, 6.45) is 3.37. The van der Waals surface area contributed by atoms with Crippen molar-refractivity contribution in [3.63, 3.8) is 0 Å². The minimum absolute atomic E-state index is 0.0785. The lowest BCUT2D eigenvalue weighted by molar-refractivity contribution is -0.131. The van der Waals surface area contributed by atoms with Crippen molar-refractivity contribution in [3.05, 3.63) is 89.5 Å². The molecule has 0 aromatic heterocycles. The molecule has 1 saturated carbocycles. The van der Waals surface area contributed by atoms with Gasteiger partial charge in [-0.2, -0.15) is 0 Å². The largest absolute Gasteiger partial charge is 0.508 e. The molecule has 0 radical (unpaired) electrons. The van der Waals surface area contributed by atoms with E-state index < -0.39 is 35.0 Å². The average molecular weight is 621 g/mol. The van der Waals surface area contributed by atoms with E-state index in [9.17, 15) is 24.3 Å². The van der Waals surface area contributed by atoms with Crippen molar-refractivity contribution in [3.8, 4) is 17.2 Å². The SMILES string of the molecule is CCc1ccc(N2C(=O)[C@H]3[C@H](CC=C4[C@H]3C[C@H]3C(=O)N(c5ccccc5)C(=O)[C@@]3(C)[C@H]4c3c(OC)cc(O)cc3OC)C2=O)cc1. The number of benzene rings is 3. The number of methoxy groups -OCH3 is 2. The van der Waals surface area contributed by atoms with Crippen LogP contribution in [0.2, 0.25) is 0 Å². The molecule has 6 atom stereocenters. The zero-order valence-electron chi connectivity index (χ0n) is 26.2. The van der Waals surface area contributed by atoms with Crippen LogP contribution in [0.1, 0.15) is 43.7 Å². The van der Waals surface area contributed by atoms with E-state index in [1.165, 1.54) is 36.2 Å². The summed E-state index contributed by atoms with van der Waals surface area (Å²) in [5, 5.41) is 10.5. The Hall–Kier alpha value is -4.92. The number of allylic oxidation sites excluding steroid dienone is 2. The van der Waals surface area contributed by atoms with Crippen LogP contribution in [-0.4, -0.2) is 43.0 Å². The second-order valence-corrected chi connectivity index (χ2v) is 12.8. The van der Waals surface area contributed by atoms with Gasteiger partial charge in [0, 0.05) is 23.6 Å². The number of amides is 4. The van der Waals surface area contributed by atoms with Crippen LogP contribution in [0.5, 0.6) is 17.2 Å². The molecular formula is C37H36N2O7. The maximum Gasteiger partial charge on any atom is 0.241 e. The van der Waals surface area contributed by atoms with E-state index in [0.29, 0.717) is 34.9 Å². The molecule has 0 unspecified atom stereocenters. The summed E-state index contributed by atoms with van der Waals surface area (Å²) in [6.45, 7) is 3.85. The zero-order chi connectivity index (χ0) is 32.5. The van der Waals surface area contributed by atoms with E-state index in [-0.39, 0.29) is 35.8 Å². The Balaban J connectivity index is 1.40. The molecule has 46 heavy (non-hydrogen) atoms. The molecule has 2 aliphatic heterocycles. The molecular weight excluding hydrogens is 584 g/mol. The fourth-order valence-corrected chi connectivity index (χ4v) is 8.49. The molecule has 7 rings (SSSR count). The molecule has 4 aliphatic rings. The predicted molar refractivity (Wildman–Crippen MR) is 171 cm³/mol. The molecule has 236 valence electrons. The third kappa shape index (κ3) is 4.06. The number of aromatic hydroxyl groups is 1. The van der Waals surface area contributed by atoms with Gasteiger partial charge in [-0.15, -0.1) is 0 Å². The summed E-state index contributed by atoms with van der Waals surface area (Å²) < 4.78 is 11.6. The Morgan fingerprint density at radius 3 is 2.07 bits per heavy atom. The van der Waals surface area contributed by atoms with Gasteiger partial charge < -0.3 is 14.6 Å². The van der Waals surface area contributed by atoms with Gasteiger partial charge in [-0.25, -0.2) is 4.90 Å². The van der Waals surface area contributed by atoms with Crippen molar-refractivity contribution >= 4 is 35.0 Å². The van der Waals surface area contributed by atoms with E-state index in [0.717, 1.165) is 17.6 Å². The minimum Gasteiger partial charge on any atom is -0.508 e. The summed E-state index contributed by atoms with van der Waals surface area (Å²) in [7, 11) is 2.95. The third-order valence-electron chi connectivity index (χ3n) is 10.7. The number of hydrogen-bond acceptors (Lipinski definition) is 7. The molecule has 3 fully saturated rings. The number of hydrogen-bond donors (Lipinski definition) is 1. The monoisotopic (exact) mass is 620 g/mol. The van der Waals surface area contributed by atoms with Gasteiger partial charge in [-0.1, -0.05) is 48.9 Å². The molecule has 4 amide bonds. The first-order chi connectivity index (χ1) is 22.1. The molecule has 0 bridgehead atoms. The standard InChI is InChI=1S/C37H36N2O7/c1-5-20-11-13-22(14-12-20)38-33(41)25-16-15-24-26(30(25)35(38)43)19-27-34(42)39(21-9-7-6-8-10-21)36(44)37(27,2)32(24)31-28(45-3)17-23(40)18-29(31)46-4/h6-15,17-18,25-27,30,32,40H,5,16,19H2,1-4H3/t25-,26+,27-,30-,32+,37+/m0/s1. The fourth-order valence-electron chi connectivity index (χ4n) is 8.49. The highest BCUT2D eigenvalue weighted by Crippen LogP contribution is 2.65. The van der Waals surface area contributed by atoms with Gasteiger partial charge in [-0.05, 0) is 61.9 Å². The summed E-state index contributed by atoms with van der Waals surface area (Å²) in [6, 6.07) is 19.2. The second kappa shape index (κ2) is 10.9. The number of imide groups is 2. The Bertz CT molecular complexity index is 1770. The molecule has 3 aromatic rings. The maximum absolute atomic E-state index is 14.6. The van der Waals surface area contributed by atoms with Crippen LogP contribution in [-0.2, 0) is 25.6 Å². The number of anilines is 2. The highest BCUT2D eigenvalue weighted by atomic mass is 16.5. The van der Waals surface area contributed by atoms with Gasteiger partial charge in [0.25, 0.3) is 0 Å². The lowest BCUT2D eigenvalue weighted by Gasteiger charge is -2.49. The van der Waals surface area contributed by atoms with Gasteiger partial charge in [0.05, 0.1) is 48.8 Å². The minimum atomic E-state index is -1.28. The van der Waals surface area contributed by atoms with Crippen LogP contribution >= 0.6 is 0 Å². The summed E-state index contributed by atoms with van der Waals surface area (Å²) >= 11 is 0. The number of carbonyl (C=O) groups is 4. The Morgan fingerprint density at radius 1 is 0.826 bits per heavy atom. The number of fused-ring (bicyclic) bond motifs is 4. The van der Waals surface area contributed by atoms with Crippen molar-refractivity contribution in [1.29, 1.82) is 0 Å². The number of ether oxygens (including phenoxy) is 2. The van der Waals surface area contributed by atoms with Gasteiger partial charge in [0.15, 0.2) is 0 Å². The van der Waals surface area contributed by atoms with E-state index in [1.54, 1.807) is 24.3 Å². The Morgan fingerprint density at radius 2 is 1.46 bits per heavy atom. The van der Waals surface area contributed by atoms with Gasteiger partial charge in [0.1, 0.15) is 17.2 Å². The smallest absolute Gasteiger partial charge is 0.241 e. The van der Waals surface area contributed by atoms with Crippen molar-refractivity contribution in [2.24, 2.45) is 29.1 Å². The number of nitrogens with zero attached hydrogens (tertiary/aromatic N) is 2. The van der Waals surface area contributed by atoms with Gasteiger partial charge in [-0.3, -0.25) is 24.1 Å². The highest BCUT2D eigenvalue weighted by molar-refractivity contribution is 6.25. The Labute approximate surface area is 267 Å². The first kappa shape index (κ1) is 29.8. The van der Waals surface area contributed by atoms with E-state index in [2.05, 4.69) is 0 Å². The molecule has 9 heteroatoms. The fraction of sp³-hybridized carbons (Fsp3) is 0.351. The zero-order valence-corrected chi connectivity index (χ0v) is 26.2. The van der Waals surface area contributed by atoms with E-state index >= 15 is 0 Å². The van der Waals surface area contributed by atoms with Gasteiger partial charge >= 0.3 is 0 Å². The van der Waals surface area contributed by atoms with Crippen LogP contribution in [0.15, 0.2) is 78.4 Å². The quantitative estimate of drug-likeness (QED) is 0.290.